The third-order valence-electron chi connectivity index (χ3n) is 3.20. The van der Waals surface area contributed by atoms with Gasteiger partial charge >= 0.3 is 0 Å². The summed E-state index contributed by atoms with van der Waals surface area (Å²) in [5, 5.41) is 0. The molecule has 0 fully saturated rings. The van der Waals surface area contributed by atoms with Crippen molar-refractivity contribution in [2.24, 2.45) is 5.92 Å². The maximum atomic E-state index is 2.39. The minimum Gasteiger partial charge on any atom is -0.0876 e. The Morgan fingerprint density at radius 3 is 3.08 bits per heavy atom. The van der Waals surface area contributed by atoms with E-state index in [0.717, 1.165) is 11.8 Å². The normalized spacial score (nSPS) is 30.3. The molecule has 1 aromatic carbocycles. The molecule has 12 heavy (non-hydrogen) atoms. The molecule has 0 saturated heterocycles. The van der Waals surface area contributed by atoms with E-state index in [1.54, 1.807) is 11.1 Å². The zero-order chi connectivity index (χ0) is 7.97. The van der Waals surface area contributed by atoms with Crippen LogP contribution in [0.3, 0.4) is 0 Å². The van der Waals surface area contributed by atoms with Crippen molar-refractivity contribution in [2.75, 3.05) is 0 Å². The van der Waals surface area contributed by atoms with Crippen molar-refractivity contribution in [1.82, 2.24) is 0 Å². The Bertz CT molecular complexity index is 336. The van der Waals surface area contributed by atoms with Crippen molar-refractivity contribution in [2.45, 2.75) is 18.8 Å². The lowest BCUT2D eigenvalue weighted by Crippen LogP contribution is -1.97. The summed E-state index contributed by atoms with van der Waals surface area (Å²) in [6.07, 6.45) is 7.27. The molecule has 2 aliphatic rings. The second kappa shape index (κ2) is 2.22. The van der Waals surface area contributed by atoms with E-state index < -0.39 is 0 Å². The van der Waals surface area contributed by atoms with E-state index >= 15 is 0 Å². The van der Waals surface area contributed by atoms with Crippen LogP contribution in [0, 0.1) is 5.92 Å². The van der Waals surface area contributed by atoms with Gasteiger partial charge in [0.1, 0.15) is 0 Å². The topological polar surface area (TPSA) is 0 Å². The standard InChI is InChI=1S/C12H12/c1-2-6-11-9(4-1)8-10-5-3-7-12(10)11/h1-6,10,12H,7-8H2. The fraction of sp³-hybridized carbons (Fsp3) is 0.333. The van der Waals surface area contributed by atoms with Gasteiger partial charge in [-0.15, -0.1) is 0 Å². The highest BCUT2D eigenvalue weighted by Gasteiger charge is 2.31. The largest absolute Gasteiger partial charge is 0.0876 e. The highest BCUT2D eigenvalue weighted by atomic mass is 14.4. The van der Waals surface area contributed by atoms with Crippen LogP contribution in [-0.4, -0.2) is 0 Å². The van der Waals surface area contributed by atoms with Crippen LogP contribution in [0.15, 0.2) is 36.4 Å². The van der Waals surface area contributed by atoms with Gasteiger partial charge in [0.25, 0.3) is 0 Å². The van der Waals surface area contributed by atoms with Gasteiger partial charge in [-0.2, -0.15) is 0 Å². The molecular weight excluding hydrogens is 144 g/mol. The smallest absolute Gasteiger partial charge is 0.00585 e. The summed E-state index contributed by atoms with van der Waals surface area (Å²) in [4.78, 5) is 0. The van der Waals surface area contributed by atoms with Crippen LogP contribution < -0.4 is 0 Å². The number of benzene rings is 1. The van der Waals surface area contributed by atoms with Crippen LogP contribution in [0.2, 0.25) is 0 Å². The van der Waals surface area contributed by atoms with Gasteiger partial charge in [-0.3, -0.25) is 0 Å². The molecule has 2 unspecified atom stereocenters. The minimum absolute atomic E-state index is 0.821. The summed E-state index contributed by atoms with van der Waals surface area (Å²) in [5.41, 5.74) is 3.18. The molecule has 2 aliphatic carbocycles. The van der Waals surface area contributed by atoms with Crippen LogP contribution >= 0.6 is 0 Å². The number of hydrogen-bond donors (Lipinski definition) is 0. The Morgan fingerprint density at radius 2 is 2.08 bits per heavy atom. The summed E-state index contributed by atoms with van der Waals surface area (Å²) < 4.78 is 0. The van der Waals surface area contributed by atoms with Gasteiger partial charge in [0, 0.05) is 0 Å². The fourth-order valence-electron chi connectivity index (χ4n) is 2.61. The van der Waals surface area contributed by atoms with E-state index in [0.29, 0.717) is 0 Å². The summed E-state index contributed by atoms with van der Waals surface area (Å²) in [7, 11) is 0. The third kappa shape index (κ3) is 0.726. The van der Waals surface area contributed by atoms with Crippen molar-refractivity contribution in [1.29, 1.82) is 0 Å². The minimum atomic E-state index is 0.821. The van der Waals surface area contributed by atoms with Crippen molar-refractivity contribution in [3.63, 3.8) is 0 Å². The first-order chi connectivity index (χ1) is 5.95. The van der Waals surface area contributed by atoms with Crippen molar-refractivity contribution in [3.05, 3.63) is 47.5 Å². The van der Waals surface area contributed by atoms with E-state index in [9.17, 15) is 0 Å². The Hall–Kier alpha value is -1.04. The van der Waals surface area contributed by atoms with E-state index in [1.807, 2.05) is 0 Å². The maximum Gasteiger partial charge on any atom is -0.00585 e. The van der Waals surface area contributed by atoms with Gasteiger partial charge in [0.15, 0.2) is 0 Å². The number of allylic oxidation sites excluding steroid dienone is 2. The second-order valence-corrected chi connectivity index (χ2v) is 3.84. The molecule has 2 atom stereocenters. The van der Waals surface area contributed by atoms with Crippen molar-refractivity contribution < 1.29 is 0 Å². The van der Waals surface area contributed by atoms with E-state index in [1.165, 1.54) is 12.8 Å². The Labute approximate surface area is 72.9 Å². The van der Waals surface area contributed by atoms with Crippen LogP contribution in [0.5, 0.6) is 0 Å². The van der Waals surface area contributed by atoms with E-state index in [-0.39, 0.29) is 0 Å². The molecule has 0 spiro atoms. The molecule has 0 saturated carbocycles. The summed E-state index contributed by atoms with van der Waals surface area (Å²) in [6, 6.07) is 8.90. The fourth-order valence-corrected chi connectivity index (χ4v) is 2.61. The number of hydrogen-bond acceptors (Lipinski definition) is 0. The molecule has 0 bridgehead atoms. The molecule has 0 radical (unpaired) electrons. The Morgan fingerprint density at radius 1 is 1.17 bits per heavy atom. The van der Waals surface area contributed by atoms with E-state index in [2.05, 4.69) is 36.4 Å². The van der Waals surface area contributed by atoms with Gasteiger partial charge in [0.2, 0.25) is 0 Å². The average molecular weight is 156 g/mol. The SMILES string of the molecule is C1=CC2Cc3ccccc3C2C1. The van der Waals surface area contributed by atoms with Gasteiger partial charge in [0.05, 0.1) is 0 Å². The highest BCUT2D eigenvalue weighted by molar-refractivity contribution is 5.39. The van der Waals surface area contributed by atoms with Gasteiger partial charge < -0.3 is 0 Å². The predicted octanol–water partition coefficient (Wildman–Crippen LogP) is 2.90. The lowest BCUT2D eigenvalue weighted by molar-refractivity contribution is 0.592. The first-order valence-electron chi connectivity index (χ1n) is 4.69. The lowest BCUT2D eigenvalue weighted by atomic mass is 9.96. The molecule has 3 rings (SSSR count). The Kier molecular flexibility index (Phi) is 1.20. The molecule has 1 aromatic rings. The molecule has 0 heteroatoms. The van der Waals surface area contributed by atoms with Crippen LogP contribution in [0.4, 0.5) is 0 Å². The first-order valence-corrected chi connectivity index (χ1v) is 4.69. The van der Waals surface area contributed by atoms with Crippen molar-refractivity contribution >= 4 is 0 Å². The van der Waals surface area contributed by atoms with Gasteiger partial charge in [-0.1, -0.05) is 36.4 Å². The molecule has 0 N–H and O–H groups in total. The van der Waals surface area contributed by atoms with Crippen LogP contribution in [0.25, 0.3) is 0 Å². The average Bonchev–Trinajstić information content (AvgIpc) is 2.62. The molecular formula is C12H12. The summed E-state index contributed by atoms with van der Waals surface area (Å²) >= 11 is 0. The number of rotatable bonds is 0. The predicted molar refractivity (Wildman–Crippen MR) is 50.1 cm³/mol. The number of fused-ring (bicyclic) bond motifs is 3. The monoisotopic (exact) mass is 156 g/mol. The summed E-state index contributed by atoms with van der Waals surface area (Å²) in [5.74, 6) is 1.64. The zero-order valence-electron chi connectivity index (χ0n) is 7.03. The van der Waals surface area contributed by atoms with Crippen LogP contribution in [-0.2, 0) is 6.42 Å². The highest BCUT2D eigenvalue weighted by Crippen LogP contribution is 2.44. The molecule has 0 aromatic heterocycles. The quantitative estimate of drug-likeness (QED) is 0.507. The molecule has 0 aliphatic heterocycles. The first kappa shape index (κ1) is 6.47. The molecule has 0 amide bonds. The van der Waals surface area contributed by atoms with Gasteiger partial charge in [-0.25, -0.2) is 0 Å². The molecule has 60 valence electrons. The Balaban J connectivity index is 2.12. The van der Waals surface area contributed by atoms with Crippen molar-refractivity contribution in [3.8, 4) is 0 Å². The van der Waals surface area contributed by atoms with Gasteiger partial charge in [-0.05, 0) is 35.8 Å². The lowest BCUT2D eigenvalue weighted by Gasteiger charge is -2.08. The maximum absolute atomic E-state index is 2.39. The zero-order valence-corrected chi connectivity index (χ0v) is 7.03. The molecule has 0 heterocycles. The third-order valence-corrected chi connectivity index (χ3v) is 3.20. The molecule has 0 nitrogen and oxygen atoms in total. The second-order valence-electron chi connectivity index (χ2n) is 3.84. The van der Waals surface area contributed by atoms with E-state index in [4.69, 9.17) is 0 Å². The summed E-state index contributed by atoms with van der Waals surface area (Å²) in [6.45, 7) is 0. The van der Waals surface area contributed by atoms with Crippen LogP contribution in [0.1, 0.15) is 23.5 Å².